The van der Waals surface area contributed by atoms with Crippen molar-refractivity contribution in [2.75, 3.05) is 27.8 Å². The predicted octanol–water partition coefficient (Wildman–Crippen LogP) is 3.21. The van der Waals surface area contributed by atoms with Gasteiger partial charge in [-0.3, -0.25) is 4.79 Å². The molecule has 30 heavy (non-hydrogen) atoms. The molecular formula is C22H30N2O5S. The Labute approximate surface area is 179 Å². The third kappa shape index (κ3) is 5.31. The van der Waals surface area contributed by atoms with Gasteiger partial charge in [0.25, 0.3) is 0 Å². The Bertz CT molecular complexity index is 1000. The number of likely N-dealkylation sites (N-methyl/N-ethyl adjacent to an activating group) is 1. The topological polar surface area (TPSA) is 84.9 Å². The Morgan fingerprint density at radius 1 is 1.07 bits per heavy atom. The van der Waals surface area contributed by atoms with Crippen LogP contribution in [-0.2, 0) is 14.8 Å². The summed E-state index contributed by atoms with van der Waals surface area (Å²) in [6.07, 6.45) is 0.696. The van der Waals surface area contributed by atoms with Crippen molar-refractivity contribution in [3.8, 4) is 11.5 Å². The summed E-state index contributed by atoms with van der Waals surface area (Å²) < 4.78 is 37.2. The number of carbonyl (C=O) groups excluding carboxylic acids is 1. The number of sulfonamides is 1. The Hall–Kier alpha value is -2.58. The van der Waals surface area contributed by atoms with Gasteiger partial charge in [-0.2, -0.15) is 4.31 Å². The van der Waals surface area contributed by atoms with Crippen LogP contribution in [0.4, 0.5) is 0 Å². The minimum Gasteiger partial charge on any atom is -0.493 e. The first-order valence-corrected chi connectivity index (χ1v) is 11.1. The van der Waals surface area contributed by atoms with Gasteiger partial charge in [-0.05, 0) is 43.5 Å². The van der Waals surface area contributed by atoms with Crippen LogP contribution >= 0.6 is 0 Å². The van der Waals surface area contributed by atoms with E-state index in [1.807, 2.05) is 32.9 Å². The summed E-state index contributed by atoms with van der Waals surface area (Å²) in [5.74, 6) is 0.363. The number of methoxy groups -OCH3 is 2. The van der Waals surface area contributed by atoms with E-state index in [0.717, 1.165) is 21.0 Å². The number of hydrogen-bond donors (Lipinski definition) is 1. The summed E-state index contributed by atoms with van der Waals surface area (Å²) in [4.78, 5) is 12.6. The quantitative estimate of drug-likeness (QED) is 0.655. The lowest BCUT2D eigenvalue weighted by molar-refractivity contribution is -0.121. The number of hydrogen-bond acceptors (Lipinski definition) is 5. The van der Waals surface area contributed by atoms with E-state index in [1.54, 1.807) is 0 Å². The van der Waals surface area contributed by atoms with Crippen LogP contribution in [0.3, 0.4) is 0 Å². The molecule has 0 heterocycles. The molecule has 0 aliphatic rings. The molecule has 0 spiro atoms. The molecule has 2 aromatic rings. The first kappa shape index (κ1) is 23.7. The third-order valence-electron chi connectivity index (χ3n) is 4.97. The highest BCUT2D eigenvalue weighted by Crippen LogP contribution is 2.30. The molecule has 164 valence electrons. The highest BCUT2D eigenvalue weighted by Gasteiger charge is 2.25. The first-order chi connectivity index (χ1) is 14.1. The van der Waals surface area contributed by atoms with E-state index in [2.05, 4.69) is 11.4 Å². The fourth-order valence-corrected chi connectivity index (χ4v) is 4.44. The molecule has 8 heteroatoms. The smallest absolute Gasteiger partial charge is 0.243 e. The Balaban J connectivity index is 2.15. The molecule has 0 fully saturated rings. The molecule has 7 nitrogen and oxygen atoms in total. The second-order valence-corrected chi connectivity index (χ2v) is 9.21. The number of aryl methyl sites for hydroxylation is 2. The second kappa shape index (κ2) is 9.95. The Morgan fingerprint density at radius 2 is 1.73 bits per heavy atom. The Kier molecular flexibility index (Phi) is 7.86. The van der Waals surface area contributed by atoms with Gasteiger partial charge in [0.1, 0.15) is 0 Å². The molecule has 0 saturated carbocycles. The third-order valence-corrected chi connectivity index (χ3v) is 6.77. The van der Waals surface area contributed by atoms with Crippen LogP contribution in [0, 0.1) is 13.8 Å². The van der Waals surface area contributed by atoms with Gasteiger partial charge in [0.05, 0.1) is 31.7 Å². The fourth-order valence-electron chi connectivity index (χ4n) is 3.30. The monoisotopic (exact) mass is 434 g/mol. The van der Waals surface area contributed by atoms with E-state index >= 15 is 0 Å². The van der Waals surface area contributed by atoms with Gasteiger partial charge in [0.2, 0.25) is 15.9 Å². The molecule has 0 saturated heterocycles. The van der Waals surface area contributed by atoms with Crippen molar-refractivity contribution >= 4 is 15.9 Å². The highest BCUT2D eigenvalue weighted by atomic mass is 32.2. The van der Waals surface area contributed by atoms with Crippen molar-refractivity contribution in [2.24, 2.45) is 0 Å². The summed E-state index contributed by atoms with van der Waals surface area (Å²) in [6.45, 7) is 5.71. The van der Waals surface area contributed by atoms with Gasteiger partial charge >= 0.3 is 0 Å². The van der Waals surface area contributed by atoms with Gasteiger partial charge in [-0.1, -0.05) is 30.7 Å². The largest absolute Gasteiger partial charge is 0.493 e. The molecule has 0 aromatic heterocycles. The average molecular weight is 435 g/mol. The maximum Gasteiger partial charge on any atom is 0.243 e. The normalized spacial score (nSPS) is 12.5. The highest BCUT2D eigenvalue weighted by molar-refractivity contribution is 7.89. The maximum absolute atomic E-state index is 12.9. The van der Waals surface area contributed by atoms with Crippen LogP contribution < -0.4 is 14.8 Å². The molecule has 1 amide bonds. The summed E-state index contributed by atoms with van der Waals surface area (Å²) in [5, 5.41) is 2.95. The van der Waals surface area contributed by atoms with Crippen LogP contribution in [0.5, 0.6) is 11.5 Å². The molecule has 0 bridgehead atoms. The minimum absolute atomic E-state index is 0.0249. The van der Waals surface area contributed by atoms with E-state index < -0.39 is 10.0 Å². The van der Waals surface area contributed by atoms with Crippen molar-refractivity contribution in [3.05, 3.63) is 53.1 Å². The molecule has 2 aromatic carbocycles. The number of rotatable bonds is 9. The van der Waals surface area contributed by atoms with Crippen LogP contribution in [0.15, 0.2) is 41.3 Å². The van der Waals surface area contributed by atoms with E-state index in [1.165, 1.54) is 39.5 Å². The molecular weight excluding hydrogens is 404 g/mol. The van der Waals surface area contributed by atoms with Crippen LogP contribution in [0.25, 0.3) is 0 Å². The van der Waals surface area contributed by atoms with Gasteiger partial charge < -0.3 is 14.8 Å². The maximum atomic E-state index is 12.9. The molecule has 0 radical (unpaired) electrons. The summed E-state index contributed by atoms with van der Waals surface area (Å²) >= 11 is 0. The SMILES string of the molecule is CC[C@H](NC(=O)CN(C)S(=O)(=O)c1ccc(OC)c(OC)c1)c1ccc(C)cc1C. The van der Waals surface area contributed by atoms with Crippen molar-refractivity contribution in [2.45, 2.75) is 38.1 Å². The van der Waals surface area contributed by atoms with Crippen LogP contribution in [0.2, 0.25) is 0 Å². The molecule has 2 rings (SSSR count). The predicted molar refractivity (Wildman–Crippen MR) is 116 cm³/mol. The number of carbonyl (C=O) groups is 1. The van der Waals surface area contributed by atoms with Crippen LogP contribution in [-0.4, -0.2) is 46.4 Å². The van der Waals surface area contributed by atoms with Crippen molar-refractivity contribution in [1.29, 1.82) is 0 Å². The summed E-state index contributed by atoms with van der Waals surface area (Å²) in [6, 6.07) is 10.2. The fraction of sp³-hybridized carbons (Fsp3) is 0.409. The van der Waals surface area contributed by atoms with Crippen molar-refractivity contribution < 1.29 is 22.7 Å². The Morgan fingerprint density at radius 3 is 2.30 bits per heavy atom. The summed E-state index contributed by atoms with van der Waals surface area (Å²) in [7, 11) is 0.412. The number of benzene rings is 2. The number of nitrogens with zero attached hydrogens (tertiary/aromatic N) is 1. The minimum atomic E-state index is -3.88. The molecule has 0 aliphatic heterocycles. The van der Waals surface area contributed by atoms with E-state index in [-0.39, 0.29) is 23.4 Å². The zero-order valence-electron chi connectivity index (χ0n) is 18.4. The lowest BCUT2D eigenvalue weighted by Crippen LogP contribution is -2.39. The number of amides is 1. The summed E-state index contributed by atoms with van der Waals surface area (Å²) in [5.41, 5.74) is 3.27. The zero-order valence-corrected chi connectivity index (χ0v) is 19.2. The number of nitrogens with one attached hydrogen (secondary N) is 1. The van der Waals surface area contributed by atoms with Gasteiger partial charge in [-0.25, -0.2) is 8.42 Å². The van der Waals surface area contributed by atoms with E-state index in [9.17, 15) is 13.2 Å². The molecule has 0 unspecified atom stereocenters. The average Bonchev–Trinajstić information content (AvgIpc) is 2.71. The van der Waals surface area contributed by atoms with Crippen molar-refractivity contribution in [1.82, 2.24) is 9.62 Å². The molecule has 1 atom stereocenters. The molecule has 0 aliphatic carbocycles. The standard InChI is InChI=1S/C22H30N2O5S/c1-7-19(18-10-8-15(2)12-16(18)3)23-22(25)14-24(4)30(26,27)17-9-11-20(28-5)21(13-17)29-6/h8-13,19H,7,14H2,1-6H3,(H,23,25)/t19-/m0/s1. The number of ether oxygens (including phenoxy) is 2. The lowest BCUT2D eigenvalue weighted by atomic mass is 9.97. The zero-order chi connectivity index (χ0) is 22.5. The van der Waals surface area contributed by atoms with E-state index in [0.29, 0.717) is 17.9 Å². The van der Waals surface area contributed by atoms with Gasteiger partial charge in [0, 0.05) is 13.1 Å². The van der Waals surface area contributed by atoms with Crippen molar-refractivity contribution in [3.63, 3.8) is 0 Å². The van der Waals surface area contributed by atoms with Crippen LogP contribution in [0.1, 0.15) is 36.1 Å². The lowest BCUT2D eigenvalue weighted by Gasteiger charge is -2.22. The first-order valence-electron chi connectivity index (χ1n) is 9.68. The van der Waals surface area contributed by atoms with Gasteiger partial charge in [-0.15, -0.1) is 0 Å². The molecule has 1 N–H and O–H groups in total. The van der Waals surface area contributed by atoms with Gasteiger partial charge in [0.15, 0.2) is 11.5 Å². The second-order valence-electron chi connectivity index (χ2n) is 7.17. The van der Waals surface area contributed by atoms with E-state index in [4.69, 9.17) is 9.47 Å².